The van der Waals surface area contributed by atoms with Crippen molar-refractivity contribution in [3.8, 4) is 5.69 Å². The first kappa shape index (κ1) is 19.3. The topological polar surface area (TPSA) is 74.9 Å². The number of thioether (sulfide) groups is 1. The van der Waals surface area contributed by atoms with Gasteiger partial charge in [-0.15, -0.1) is 0 Å². The molecule has 8 heteroatoms. The van der Waals surface area contributed by atoms with Crippen molar-refractivity contribution in [1.82, 2.24) is 9.47 Å². The zero-order valence-electron chi connectivity index (χ0n) is 15.3. The molecule has 0 bridgehead atoms. The molecule has 1 aliphatic heterocycles. The molecule has 1 fully saturated rings. The molecular weight excluding hydrogens is 386 g/mol. The number of hydrogen-bond acceptors (Lipinski definition) is 4. The number of carboxylic acid groups (broad SMARTS) is 1. The smallest absolute Gasteiger partial charge is 0.337 e. The molecule has 0 unspecified atom stereocenters. The van der Waals surface area contributed by atoms with Crippen LogP contribution in [0.1, 0.15) is 27.3 Å². The molecule has 6 nitrogen and oxygen atoms in total. The number of benzene rings is 1. The zero-order chi connectivity index (χ0) is 19.9. The number of aromatic nitrogens is 1. The number of aryl methyl sites for hydroxylation is 1. The molecule has 0 spiro atoms. The van der Waals surface area contributed by atoms with E-state index in [1.54, 1.807) is 26.2 Å². The van der Waals surface area contributed by atoms with E-state index in [2.05, 4.69) is 4.99 Å². The summed E-state index contributed by atoms with van der Waals surface area (Å²) in [4.78, 5) is 29.8. The lowest BCUT2D eigenvalue weighted by atomic mass is 10.2. The van der Waals surface area contributed by atoms with Gasteiger partial charge in [-0.1, -0.05) is 11.6 Å². The molecule has 0 saturated carbocycles. The summed E-state index contributed by atoms with van der Waals surface area (Å²) in [7, 11) is 3.36. The normalized spacial score (nSPS) is 17.4. The summed E-state index contributed by atoms with van der Waals surface area (Å²) in [5, 5.41) is 9.98. The number of halogens is 1. The molecule has 2 heterocycles. The van der Waals surface area contributed by atoms with Gasteiger partial charge in [0.25, 0.3) is 5.91 Å². The Morgan fingerprint density at radius 3 is 2.56 bits per heavy atom. The Morgan fingerprint density at radius 2 is 2.00 bits per heavy atom. The van der Waals surface area contributed by atoms with Crippen LogP contribution in [0.5, 0.6) is 0 Å². The van der Waals surface area contributed by atoms with Gasteiger partial charge in [-0.05, 0) is 61.5 Å². The van der Waals surface area contributed by atoms with Crippen molar-refractivity contribution in [2.75, 3.05) is 14.1 Å². The molecule has 1 aromatic carbocycles. The lowest BCUT2D eigenvalue weighted by Crippen LogP contribution is -2.23. The lowest BCUT2D eigenvalue weighted by molar-refractivity contribution is -0.121. The Hall–Kier alpha value is -2.51. The van der Waals surface area contributed by atoms with Crippen LogP contribution in [-0.4, -0.2) is 45.7 Å². The maximum absolute atomic E-state index is 12.4. The Morgan fingerprint density at radius 1 is 1.30 bits per heavy atom. The largest absolute Gasteiger partial charge is 0.478 e. The minimum absolute atomic E-state index is 0.0626. The highest BCUT2D eigenvalue weighted by Crippen LogP contribution is 2.33. The average molecular weight is 404 g/mol. The van der Waals surface area contributed by atoms with Crippen LogP contribution in [-0.2, 0) is 4.79 Å². The standard InChI is InChI=1S/C19H18ClN3O3S/c1-10-7-12(8-16-17(24)22(4)19(21-3)27-16)11(2)23(10)13-5-6-14(18(25)26)15(20)9-13/h5-9H,1-4H3,(H,25,26)/b16-8-,21-19?. The van der Waals surface area contributed by atoms with E-state index in [-0.39, 0.29) is 16.5 Å². The summed E-state index contributed by atoms with van der Waals surface area (Å²) < 4.78 is 1.98. The van der Waals surface area contributed by atoms with E-state index in [9.17, 15) is 9.59 Å². The second kappa shape index (κ2) is 7.25. The van der Waals surface area contributed by atoms with E-state index in [1.807, 2.05) is 30.6 Å². The van der Waals surface area contributed by atoms with Crippen molar-refractivity contribution in [3.63, 3.8) is 0 Å². The van der Waals surface area contributed by atoms with Crippen molar-refractivity contribution in [2.24, 2.45) is 4.99 Å². The average Bonchev–Trinajstić information content (AvgIpc) is 3.04. The van der Waals surface area contributed by atoms with E-state index in [4.69, 9.17) is 16.7 Å². The van der Waals surface area contributed by atoms with Crippen LogP contribution in [0.2, 0.25) is 5.02 Å². The maximum Gasteiger partial charge on any atom is 0.337 e. The molecule has 140 valence electrons. The first-order chi connectivity index (χ1) is 12.7. The molecule has 1 aromatic heterocycles. The van der Waals surface area contributed by atoms with E-state index >= 15 is 0 Å². The maximum atomic E-state index is 12.4. The van der Waals surface area contributed by atoms with Crippen molar-refractivity contribution in [1.29, 1.82) is 0 Å². The highest BCUT2D eigenvalue weighted by Gasteiger charge is 2.30. The zero-order valence-corrected chi connectivity index (χ0v) is 16.9. The van der Waals surface area contributed by atoms with Gasteiger partial charge in [-0.25, -0.2) is 4.79 Å². The number of rotatable bonds is 3. The Kier molecular flexibility index (Phi) is 5.17. The highest BCUT2D eigenvalue weighted by atomic mass is 35.5. The minimum Gasteiger partial charge on any atom is -0.478 e. The predicted octanol–water partition coefficient (Wildman–Crippen LogP) is 3.98. The third-order valence-corrected chi connectivity index (χ3v) is 5.86. The molecule has 0 radical (unpaired) electrons. The molecule has 0 atom stereocenters. The summed E-state index contributed by atoms with van der Waals surface area (Å²) >= 11 is 7.46. The number of amidine groups is 1. The third kappa shape index (κ3) is 3.40. The van der Waals surface area contributed by atoms with Crippen LogP contribution < -0.4 is 0 Å². The SMILES string of the molecule is CN=C1S/C(=C\c2cc(C)n(-c3ccc(C(=O)O)c(Cl)c3)c2C)C(=O)N1C. The van der Waals surface area contributed by atoms with Crippen molar-refractivity contribution in [3.05, 3.63) is 56.7 Å². The highest BCUT2D eigenvalue weighted by molar-refractivity contribution is 8.18. The fraction of sp³-hybridized carbons (Fsp3) is 0.211. The predicted molar refractivity (Wildman–Crippen MR) is 109 cm³/mol. The van der Waals surface area contributed by atoms with Gasteiger partial charge in [-0.3, -0.25) is 14.7 Å². The molecule has 27 heavy (non-hydrogen) atoms. The van der Waals surface area contributed by atoms with Crippen LogP contribution in [0.15, 0.2) is 34.2 Å². The van der Waals surface area contributed by atoms with Gasteiger partial charge in [0.15, 0.2) is 5.17 Å². The quantitative estimate of drug-likeness (QED) is 0.786. The number of hydrogen-bond donors (Lipinski definition) is 1. The Bertz CT molecular complexity index is 1020. The lowest BCUT2D eigenvalue weighted by Gasteiger charge is -2.11. The second-order valence-corrected chi connectivity index (χ2v) is 7.53. The summed E-state index contributed by atoms with van der Waals surface area (Å²) in [5.41, 5.74) is 3.62. The van der Waals surface area contributed by atoms with Crippen molar-refractivity contribution < 1.29 is 14.7 Å². The number of nitrogens with zero attached hydrogens (tertiary/aromatic N) is 3. The van der Waals surface area contributed by atoms with Gasteiger partial charge in [0.05, 0.1) is 15.5 Å². The summed E-state index contributed by atoms with van der Waals surface area (Å²) in [6, 6.07) is 6.83. The summed E-state index contributed by atoms with van der Waals surface area (Å²) in [5.74, 6) is -1.15. The molecule has 0 aliphatic carbocycles. The Labute approximate surface area is 166 Å². The molecule has 1 N–H and O–H groups in total. The van der Waals surface area contributed by atoms with E-state index in [0.717, 1.165) is 22.6 Å². The molecule has 1 saturated heterocycles. The van der Waals surface area contributed by atoms with E-state index in [1.165, 1.54) is 22.7 Å². The first-order valence-electron chi connectivity index (χ1n) is 8.11. The number of aromatic carboxylic acids is 1. The van der Waals surface area contributed by atoms with Gasteiger partial charge < -0.3 is 9.67 Å². The number of amides is 1. The monoisotopic (exact) mass is 403 g/mol. The van der Waals surface area contributed by atoms with Gasteiger partial charge in [0.1, 0.15) is 0 Å². The summed E-state index contributed by atoms with van der Waals surface area (Å²) in [6.45, 7) is 3.89. The van der Waals surface area contributed by atoms with Crippen LogP contribution in [0, 0.1) is 13.8 Å². The van der Waals surface area contributed by atoms with Crippen LogP contribution in [0.4, 0.5) is 0 Å². The van der Waals surface area contributed by atoms with Gasteiger partial charge >= 0.3 is 5.97 Å². The fourth-order valence-electron chi connectivity index (χ4n) is 3.04. The van der Waals surface area contributed by atoms with Gasteiger partial charge in [0.2, 0.25) is 0 Å². The van der Waals surface area contributed by atoms with Crippen molar-refractivity contribution in [2.45, 2.75) is 13.8 Å². The summed E-state index contributed by atoms with van der Waals surface area (Å²) in [6.07, 6.45) is 1.85. The molecule has 1 amide bonds. The number of carbonyl (C=O) groups is 2. The molecular formula is C19H18ClN3O3S. The van der Waals surface area contributed by atoms with Crippen LogP contribution in [0.3, 0.4) is 0 Å². The third-order valence-electron chi connectivity index (χ3n) is 4.39. The number of carbonyl (C=O) groups excluding carboxylic acids is 1. The number of carboxylic acids is 1. The van der Waals surface area contributed by atoms with E-state index < -0.39 is 5.97 Å². The van der Waals surface area contributed by atoms with Crippen LogP contribution in [0.25, 0.3) is 11.8 Å². The minimum atomic E-state index is -1.06. The molecule has 1 aliphatic rings. The van der Waals surface area contributed by atoms with Gasteiger partial charge in [0, 0.05) is 31.2 Å². The molecule has 3 rings (SSSR count). The first-order valence-corrected chi connectivity index (χ1v) is 9.30. The number of likely N-dealkylation sites (N-methyl/N-ethyl adjacent to an activating group) is 1. The van der Waals surface area contributed by atoms with E-state index in [0.29, 0.717) is 10.1 Å². The second-order valence-electron chi connectivity index (χ2n) is 6.11. The van der Waals surface area contributed by atoms with Crippen LogP contribution >= 0.6 is 23.4 Å². The van der Waals surface area contributed by atoms with Gasteiger partial charge in [-0.2, -0.15) is 0 Å². The number of aliphatic imine (C=N–C) groups is 1. The molecule has 2 aromatic rings. The fourth-order valence-corrected chi connectivity index (χ4v) is 4.21. The van der Waals surface area contributed by atoms with Crippen molar-refractivity contribution >= 4 is 46.5 Å². The Balaban J connectivity index is 2.04.